The molecular formula is C36H31N3O6S. The second-order valence-corrected chi connectivity index (χ2v) is 12.2. The zero-order chi connectivity index (χ0) is 32.5. The summed E-state index contributed by atoms with van der Waals surface area (Å²) in [6.45, 7) is 7.89. The van der Waals surface area contributed by atoms with Crippen LogP contribution in [0.4, 0.5) is 5.69 Å². The summed E-state index contributed by atoms with van der Waals surface area (Å²) < 4.78 is 13.4. The molecule has 0 aliphatic carbocycles. The smallest absolute Gasteiger partial charge is 0.338 e. The van der Waals surface area contributed by atoms with Gasteiger partial charge in [0.2, 0.25) is 0 Å². The van der Waals surface area contributed by atoms with Crippen molar-refractivity contribution in [2.45, 2.75) is 39.7 Å². The Morgan fingerprint density at radius 2 is 1.83 bits per heavy atom. The van der Waals surface area contributed by atoms with Crippen molar-refractivity contribution in [2.75, 3.05) is 6.61 Å². The normalized spacial score (nSPS) is 14.7. The van der Waals surface area contributed by atoms with Crippen LogP contribution in [0, 0.1) is 17.0 Å². The van der Waals surface area contributed by atoms with E-state index < -0.39 is 16.9 Å². The molecule has 46 heavy (non-hydrogen) atoms. The molecule has 0 bridgehead atoms. The summed E-state index contributed by atoms with van der Waals surface area (Å²) in [5.74, 6) is 0.411. The number of nitro benzene ring substituents is 1. The van der Waals surface area contributed by atoms with Gasteiger partial charge in [-0.2, -0.15) is 0 Å². The molecule has 232 valence electrons. The number of thiazole rings is 1. The van der Waals surface area contributed by atoms with Gasteiger partial charge in [-0.25, -0.2) is 9.79 Å². The van der Waals surface area contributed by atoms with E-state index in [9.17, 15) is 19.7 Å². The first-order valence-electron chi connectivity index (χ1n) is 14.9. The topological polar surface area (TPSA) is 117 Å². The Labute approximate surface area is 268 Å². The van der Waals surface area contributed by atoms with E-state index in [-0.39, 0.29) is 23.4 Å². The van der Waals surface area contributed by atoms with Crippen LogP contribution in [-0.2, 0) is 9.53 Å². The molecule has 0 unspecified atom stereocenters. The fraction of sp³-hybridized carbons (Fsp3) is 0.194. The fourth-order valence-corrected chi connectivity index (χ4v) is 6.51. The lowest BCUT2D eigenvalue weighted by molar-refractivity contribution is -0.384. The minimum atomic E-state index is -0.795. The first kappa shape index (κ1) is 30.7. The first-order chi connectivity index (χ1) is 22.2. The first-order valence-corrected chi connectivity index (χ1v) is 15.7. The number of nitro groups is 1. The summed E-state index contributed by atoms with van der Waals surface area (Å²) >= 11 is 1.18. The van der Waals surface area contributed by atoms with Crippen LogP contribution in [0.5, 0.6) is 0 Å². The molecular weight excluding hydrogens is 602 g/mol. The van der Waals surface area contributed by atoms with E-state index in [4.69, 9.17) is 14.1 Å². The highest BCUT2D eigenvalue weighted by atomic mass is 32.1. The Balaban J connectivity index is 1.55. The van der Waals surface area contributed by atoms with E-state index in [0.717, 1.165) is 22.3 Å². The van der Waals surface area contributed by atoms with Gasteiger partial charge >= 0.3 is 5.97 Å². The highest BCUT2D eigenvalue weighted by Gasteiger charge is 2.35. The molecule has 0 spiro atoms. The Hall–Kier alpha value is -5.35. The monoisotopic (exact) mass is 633 g/mol. The summed E-state index contributed by atoms with van der Waals surface area (Å²) in [7, 11) is 0. The molecule has 5 aromatic rings. The van der Waals surface area contributed by atoms with Crippen molar-refractivity contribution in [3.63, 3.8) is 0 Å². The minimum absolute atomic E-state index is 0.0660. The number of rotatable bonds is 8. The summed E-state index contributed by atoms with van der Waals surface area (Å²) in [4.78, 5) is 44.4. The molecule has 1 aliphatic heterocycles. The summed E-state index contributed by atoms with van der Waals surface area (Å²) in [5, 5.41) is 11.7. The third-order valence-electron chi connectivity index (χ3n) is 7.81. The van der Waals surface area contributed by atoms with Crippen LogP contribution >= 0.6 is 11.3 Å². The van der Waals surface area contributed by atoms with Crippen LogP contribution in [0.1, 0.15) is 60.7 Å². The SMILES string of the molecule is CCOC(=O)C1=C(c2ccccc2)N=c2s/c(=C\c3ccc(-c4ccc(C)cc4[N+](=O)[O-])o3)c(=O)n2[C@H]1c1ccc(C(C)C)cc1. The highest BCUT2D eigenvalue weighted by molar-refractivity contribution is 7.07. The van der Waals surface area contributed by atoms with E-state index in [1.54, 1.807) is 44.2 Å². The number of nitrogens with zero attached hydrogens (tertiary/aromatic N) is 3. The molecule has 0 fully saturated rings. The molecule has 0 N–H and O–H groups in total. The van der Waals surface area contributed by atoms with Crippen LogP contribution in [0.2, 0.25) is 0 Å². The van der Waals surface area contributed by atoms with Crippen molar-refractivity contribution in [1.82, 2.24) is 4.57 Å². The van der Waals surface area contributed by atoms with Crippen molar-refractivity contribution in [3.8, 4) is 11.3 Å². The standard InChI is InChI=1S/C36H31N3O6S/c1-5-44-35(41)31-32(24-9-7-6-8-10-24)37-36-38(33(31)25-14-12-23(13-15-25)21(2)3)34(40)30(46-36)20-26-16-18-29(45-26)27-17-11-22(4)19-28(27)39(42)43/h6-21,33H,5H2,1-4H3/b30-20-/t33-/m0/s1. The average molecular weight is 634 g/mol. The van der Waals surface area contributed by atoms with Gasteiger partial charge in [0.25, 0.3) is 11.2 Å². The number of fused-ring (bicyclic) bond motifs is 1. The van der Waals surface area contributed by atoms with Crippen LogP contribution in [0.25, 0.3) is 23.1 Å². The lowest BCUT2D eigenvalue weighted by Gasteiger charge is -2.26. The van der Waals surface area contributed by atoms with Gasteiger partial charge in [0.05, 0.1) is 38.9 Å². The van der Waals surface area contributed by atoms with Gasteiger partial charge in [-0.15, -0.1) is 0 Å². The molecule has 2 aromatic heterocycles. The van der Waals surface area contributed by atoms with E-state index in [1.165, 1.54) is 22.0 Å². The van der Waals surface area contributed by atoms with Gasteiger partial charge in [0.1, 0.15) is 11.5 Å². The summed E-state index contributed by atoms with van der Waals surface area (Å²) in [6.07, 6.45) is 1.60. The lowest BCUT2D eigenvalue weighted by Crippen LogP contribution is -2.40. The summed E-state index contributed by atoms with van der Waals surface area (Å²) in [6, 6.07) is 24.7. The molecule has 9 nitrogen and oxygen atoms in total. The minimum Gasteiger partial charge on any atom is -0.463 e. The van der Waals surface area contributed by atoms with Crippen molar-refractivity contribution in [2.24, 2.45) is 4.99 Å². The average Bonchev–Trinajstić information content (AvgIpc) is 3.64. The van der Waals surface area contributed by atoms with Crippen molar-refractivity contribution in [1.29, 1.82) is 0 Å². The Morgan fingerprint density at radius 1 is 1.09 bits per heavy atom. The van der Waals surface area contributed by atoms with E-state index in [1.807, 2.05) is 54.6 Å². The van der Waals surface area contributed by atoms with Crippen LogP contribution < -0.4 is 14.9 Å². The second kappa shape index (κ2) is 12.6. The molecule has 0 amide bonds. The largest absolute Gasteiger partial charge is 0.463 e. The van der Waals surface area contributed by atoms with Gasteiger partial charge in [0.15, 0.2) is 4.80 Å². The van der Waals surface area contributed by atoms with Crippen LogP contribution in [0.15, 0.2) is 105 Å². The van der Waals surface area contributed by atoms with Crippen molar-refractivity contribution in [3.05, 3.63) is 148 Å². The maximum Gasteiger partial charge on any atom is 0.338 e. The van der Waals surface area contributed by atoms with Crippen LogP contribution in [0.3, 0.4) is 0 Å². The fourth-order valence-electron chi connectivity index (χ4n) is 5.52. The van der Waals surface area contributed by atoms with E-state index in [0.29, 0.717) is 38.0 Å². The number of furan rings is 1. The Morgan fingerprint density at radius 3 is 2.50 bits per heavy atom. The van der Waals surface area contributed by atoms with Crippen molar-refractivity contribution >= 4 is 34.8 Å². The molecule has 3 aromatic carbocycles. The quantitative estimate of drug-likeness (QED) is 0.109. The molecule has 3 heterocycles. The molecule has 6 rings (SSSR count). The molecule has 0 radical (unpaired) electrons. The molecule has 10 heteroatoms. The number of carbonyl (C=O) groups excluding carboxylic acids is 1. The number of ether oxygens (including phenoxy) is 1. The number of aryl methyl sites for hydroxylation is 1. The van der Waals surface area contributed by atoms with Gasteiger partial charge in [-0.1, -0.05) is 85.8 Å². The number of benzene rings is 3. The number of hydrogen-bond acceptors (Lipinski definition) is 8. The van der Waals surface area contributed by atoms with Gasteiger partial charge < -0.3 is 9.15 Å². The van der Waals surface area contributed by atoms with E-state index in [2.05, 4.69) is 13.8 Å². The highest BCUT2D eigenvalue weighted by Crippen LogP contribution is 2.36. The summed E-state index contributed by atoms with van der Waals surface area (Å²) in [5.41, 5.74) is 4.00. The van der Waals surface area contributed by atoms with Gasteiger partial charge in [-0.05, 0) is 54.7 Å². The zero-order valence-corrected chi connectivity index (χ0v) is 26.5. The molecule has 1 atom stereocenters. The lowest BCUT2D eigenvalue weighted by atomic mass is 9.91. The molecule has 1 aliphatic rings. The number of esters is 1. The predicted molar refractivity (Wildman–Crippen MR) is 177 cm³/mol. The molecule has 0 saturated heterocycles. The van der Waals surface area contributed by atoms with Gasteiger partial charge in [-0.3, -0.25) is 19.5 Å². The number of aromatic nitrogens is 1. The van der Waals surface area contributed by atoms with E-state index >= 15 is 0 Å². The number of carbonyl (C=O) groups is 1. The maximum absolute atomic E-state index is 14.2. The predicted octanol–water partition coefficient (Wildman–Crippen LogP) is 6.54. The Bertz CT molecular complexity index is 2170. The zero-order valence-electron chi connectivity index (χ0n) is 25.7. The van der Waals surface area contributed by atoms with Crippen LogP contribution in [-0.4, -0.2) is 22.1 Å². The number of hydrogen-bond donors (Lipinski definition) is 0. The van der Waals surface area contributed by atoms with Gasteiger partial charge in [0, 0.05) is 17.7 Å². The molecule has 0 saturated carbocycles. The third-order valence-corrected chi connectivity index (χ3v) is 8.79. The second-order valence-electron chi connectivity index (χ2n) is 11.2. The van der Waals surface area contributed by atoms with Crippen molar-refractivity contribution < 1.29 is 18.9 Å². The maximum atomic E-state index is 14.2. The Kier molecular flexibility index (Phi) is 8.38. The third kappa shape index (κ3) is 5.75.